The van der Waals surface area contributed by atoms with E-state index in [1.807, 2.05) is 6.07 Å². The van der Waals surface area contributed by atoms with Crippen LogP contribution in [-0.2, 0) is 15.8 Å². The minimum absolute atomic E-state index is 0.108. The molecule has 0 radical (unpaired) electrons. The molecule has 8 nitrogen and oxygen atoms in total. The number of carbonyl (C=O) groups excluding carboxylic acids is 1. The van der Waals surface area contributed by atoms with Crippen molar-refractivity contribution in [2.45, 2.75) is 19.1 Å². The van der Waals surface area contributed by atoms with Crippen molar-refractivity contribution < 1.29 is 27.9 Å². The number of amides is 1. The molecule has 0 aliphatic carbocycles. The fourth-order valence-electron chi connectivity index (χ4n) is 4.09. The number of aliphatic carboxylic acids is 1. The molecule has 1 unspecified atom stereocenters. The molecule has 1 aliphatic rings. The van der Waals surface area contributed by atoms with E-state index in [4.69, 9.17) is 5.26 Å². The van der Waals surface area contributed by atoms with E-state index in [1.165, 1.54) is 35.8 Å². The van der Waals surface area contributed by atoms with Crippen LogP contribution in [0.5, 0.6) is 0 Å². The van der Waals surface area contributed by atoms with Crippen molar-refractivity contribution in [2.75, 3.05) is 11.9 Å². The first-order valence-corrected chi connectivity index (χ1v) is 10.3. The van der Waals surface area contributed by atoms with Crippen molar-refractivity contribution in [1.82, 2.24) is 14.7 Å². The van der Waals surface area contributed by atoms with Crippen molar-refractivity contribution in [3.63, 3.8) is 0 Å². The number of alkyl halides is 3. The Morgan fingerprint density at radius 1 is 1.11 bits per heavy atom. The van der Waals surface area contributed by atoms with Gasteiger partial charge in [-0.25, -0.2) is 9.48 Å². The fraction of sp³-hybridized carbons (Fsp3) is 0.167. The zero-order chi connectivity index (χ0) is 25.5. The third-order valence-corrected chi connectivity index (χ3v) is 5.66. The predicted molar refractivity (Wildman–Crippen MR) is 119 cm³/mol. The second-order valence-corrected chi connectivity index (χ2v) is 7.79. The van der Waals surface area contributed by atoms with E-state index in [9.17, 15) is 27.9 Å². The number of carboxylic acid groups (broad SMARTS) is 1. The van der Waals surface area contributed by atoms with Crippen LogP contribution in [0.3, 0.4) is 0 Å². The highest BCUT2D eigenvalue weighted by atomic mass is 19.4. The molecule has 0 spiro atoms. The molecule has 1 aromatic heterocycles. The van der Waals surface area contributed by atoms with Crippen LogP contribution in [0.2, 0.25) is 0 Å². The Kier molecular flexibility index (Phi) is 5.82. The number of likely N-dealkylation sites (N-methyl/N-ethyl adjacent to an activating group) is 1. The molecule has 2 heterocycles. The van der Waals surface area contributed by atoms with Crippen molar-refractivity contribution in [3.8, 4) is 11.8 Å². The minimum atomic E-state index is -4.65. The van der Waals surface area contributed by atoms with Crippen LogP contribution in [0.15, 0.2) is 66.5 Å². The number of hydrogen-bond donors (Lipinski definition) is 1. The monoisotopic (exact) mass is 481 g/mol. The second-order valence-electron chi connectivity index (χ2n) is 7.79. The van der Waals surface area contributed by atoms with E-state index in [-0.39, 0.29) is 17.1 Å². The minimum Gasteiger partial charge on any atom is -0.479 e. The summed E-state index contributed by atoms with van der Waals surface area (Å²) in [6.45, 7) is 1.53. The molecule has 35 heavy (non-hydrogen) atoms. The van der Waals surface area contributed by atoms with Crippen LogP contribution in [0, 0.1) is 11.3 Å². The number of nitriles is 1. The standard InChI is InChI=1S/C24H18F3N5O3/c1-14-20(19-10-11-29-32(19)17-8-6-15(13-28)7-9-17)30(2)21(23(34)35)22(33)31(14)18-5-3-4-16(12-18)24(25,26)27/h3-12,21H,1-2H3,(H,34,35). The zero-order valence-corrected chi connectivity index (χ0v) is 18.5. The number of aromatic nitrogens is 2. The van der Waals surface area contributed by atoms with Gasteiger partial charge in [0.2, 0.25) is 6.04 Å². The Labute approximate surface area is 197 Å². The van der Waals surface area contributed by atoms with E-state index in [0.717, 1.165) is 23.1 Å². The number of carbonyl (C=O) groups is 2. The molecule has 0 saturated heterocycles. The van der Waals surface area contributed by atoms with Crippen molar-refractivity contribution >= 4 is 23.3 Å². The van der Waals surface area contributed by atoms with Gasteiger partial charge >= 0.3 is 12.1 Å². The zero-order valence-electron chi connectivity index (χ0n) is 18.5. The summed E-state index contributed by atoms with van der Waals surface area (Å²) in [4.78, 5) is 27.6. The van der Waals surface area contributed by atoms with E-state index >= 15 is 0 Å². The number of halogens is 3. The van der Waals surface area contributed by atoms with E-state index in [0.29, 0.717) is 16.9 Å². The first-order valence-electron chi connectivity index (χ1n) is 10.3. The molecule has 0 bridgehead atoms. The molecule has 178 valence electrons. The lowest BCUT2D eigenvalue weighted by molar-refractivity contribution is -0.146. The number of benzene rings is 2. The maximum Gasteiger partial charge on any atom is 0.416 e. The average Bonchev–Trinajstić information content (AvgIpc) is 3.28. The highest BCUT2D eigenvalue weighted by Gasteiger charge is 2.43. The van der Waals surface area contributed by atoms with Gasteiger partial charge in [0, 0.05) is 18.4 Å². The van der Waals surface area contributed by atoms with Crippen LogP contribution in [-0.4, -0.2) is 44.8 Å². The predicted octanol–water partition coefficient (Wildman–Crippen LogP) is 3.88. The maximum atomic E-state index is 13.3. The van der Waals surface area contributed by atoms with E-state index in [2.05, 4.69) is 5.10 Å². The largest absolute Gasteiger partial charge is 0.479 e. The van der Waals surface area contributed by atoms with Gasteiger partial charge in [0.15, 0.2) is 0 Å². The number of carboxylic acids is 1. The quantitative estimate of drug-likeness (QED) is 0.568. The molecule has 1 atom stereocenters. The van der Waals surface area contributed by atoms with Gasteiger partial charge in [-0.3, -0.25) is 9.69 Å². The smallest absolute Gasteiger partial charge is 0.416 e. The molecule has 1 amide bonds. The lowest BCUT2D eigenvalue weighted by Gasteiger charge is -2.40. The van der Waals surface area contributed by atoms with Gasteiger partial charge in [-0.15, -0.1) is 0 Å². The molecular formula is C24H18F3N5O3. The van der Waals surface area contributed by atoms with E-state index < -0.39 is 29.7 Å². The molecule has 0 saturated carbocycles. The van der Waals surface area contributed by atoms with Gasteiger partial charge < -0.3 is 10.0 Å². The average molecular weight is 481 g/mol. The summed E-state index contributed by atoms with van der Waals surface area (Å²) in [6, 6.07) is 12.6. The summed E-state index contributed by atoms with van der Waals surface area (Å²) in [5.41, 5.74) is 0.840. The molecule has 1 N–H and O–H groups in total. The third kappa shape index (κ3) is 4.10. The Hall–Kier alpha value is -4.59. The van der Waals surface area contributed by atoms with Gasteiger partial charge in [-0.05, 0) is 55.5 Å². The summed E-state index contributed by atoms with van der Waals surface area (Å²) in [6.07, 6.45) is -3.17. The number of anilines is 1. The van der Waals surface area contributed by atoms with Crippen molar-refractivity contribution in [1.29, 1.82) is 5.26 Å². The highest BCUT2D eigenvalue weighted by molar-refractivity contribution is 6.14. The van der Waals surface area contributed by atoms with Gasteiger partial charge in [0.05, 0.1) is 40.5 Å². The first-order chi connectivity index (χ1) is 16.5. The summed E-state index contributed by atoms with van der Waals surface area (Å²) in [5.74, 6) is -2.35. The maximum absolute atomic E-state index is 13.3. The normalized spacial score (nSPS) is 16.5. The third-order valence-electron chi connectivity index (χ3n) is 5.66. The topological polar surface area (TPSA) is 102 Å². The number of allylic oxidation sites excluding steroid dienone is 1. The molecule has 11 heteroatoms. The SMILES string of the molecule is CC1=C(c2ccnn2-c2ccc(C#N)cc2)N(C)C(C(=O)O)C(=O)N1c1cccc(C(F)(F)F)c1. The molecule has 0 fully saturated rings. The summed E-state index contributed by atoms with van der Waals surface area (Å²) >= 11 is 0. The van der Waals surface area contributed by atoms with Crippen LogP contribution in [0.25, 0.3) is 11.4 Å². The Bertz CT molecular complexity index is 1390. The van der Waals surface area contributed by atoms with E-state index in [1.54, 1.807) is 30.3 Å². The van der Waals surface area contributed by atoms with Crippen LogP contribution >= 0.6 is 0 Å². The molecular weight excluding hydrogens is 463 g/mol. The van der Waals surface area contributed by atoms with Gasteiger partial charge in [0.1, 0.15) is 0 Å². The lowest BCUT2D eigenvalue weighted by atomic mass is 10.0. The van der Waals surface area contributed by atoms with Crippen molar-refractivity contribution in [3.05, 3.63) is 83.3 Å². The molecule has 2 aromatic carbocycles. The van der Waals surface area contributed by atoms with Crippen LogP contribution < -0.4 is 4.90 Å². The van der Waals surface area contributed by atoms with Gasteiger partial charge in [-0.2, -0.15) is 23.5 Å². The van der Waals surface area contributed by atoms with Crippen LogP contribution in [0.4, 0.5) is 18.9 Å². The van der Waals surface area contributed by atoms with Gasteiger partial charge in [-0.1, -0.05) is 6.07 Å². The van der Waals surface area contributed by atoms with Gasteiger partial charge in [0.25, 0.3) is 5.91 Å². The second kappa shape index (κ2) is 8.64. The number of hydrogen-bond acceptors (Lipinski definition) is 5. The molecule has 1 aliphatic heterocycles. The first kappa shape index (κ1) is 23.6. The summed E-state index contributed by atoms with van der Waals surface area (Å²) < 4.78 is 41.5. The summed E-state index contributed by atoms with van der Waals surface area (Å²) in [5, 5.41) is 23.2. The highest BCUT2D eigenvalue weighted by Crippen LogP contribution is 2.38. The molecule has 4 rings (SSSR count). The van der Waals surface area contributed by atoms with Crippen molar-refractivity contribution in [2.24, 2.45) is 0 Å². The Balaban J connectivity index is 1.92. The Morgan fingerprint density at radius 2 is 1.80 bits per heavy atom. The Morgan fingerprint density at radius 3 is 2.40 bits per heavy atom. The summed E-state index contributed by atoms with van der Waals surface area (Å²) in [7, 11) is 1.43. The number of nitrogens with zero attached hydrogens (tertiary/aromatic N) is 5. The lowest BCUT2D eigenvalue weighted by Crippen LogP contribution is -2.55. The van der Waals surface area contributed by atoms with Crippen LogP contribution in [0.1, 0.15) is 23.7 Å². The number of rotatable bonds is 4. The fourth-order valence-corrected chi connectivity index (χ4v) is 4.09. The molecule has 3 aromatic rings.